The Hall–Kier alpha value is -2.74. The molecule has 1 atom stereocenters. The van der Waals surface area contributed by atoms with Crippen LogP contribution in [0, 0.1) is 18.7 Å². The van der Waals surface area contributed by atoms with Crippen LogP contribution < -0.4 is 15.5 Å². The predicted octanol–water partition coefficient (Wildman–Crippen LogP) is 3.11. The molecule has 7 nitrogen and oxygen atoms in total. The zero-order chi connectivity index (χ0) is 20.5. The van der Waals surface area contributed by atoms with Crippen molar-refractivity contribution >= 4 is 23.4 Å². The van der Waals surface area contributed by atoms with Crippen LogP contribution in [-0.2, 0) is 16.1 Å². The number of likely N-dealkylation sites (N-methyl/N-ethyl adjacent to an activating group) is 1. The van der Waals surface area contributed by atoms with Crippen molar-refractivity contribution in [3.63, 3.8) is 0 Å². The van der Waals surface area contributed by atoms with Crippen molar-refractivity contribution in [2.24, 2.45) is 5.92 Å². The molecule has 0 spiro atoms. The molecule has 0 bridgehead atoms. The second-order valence-corrected chi connectivity index (χ2v) is 7.93. The number of hydrogen-bond donors (Lipinski definition) is 2. The molecular weight excluding hydrogens is 373 g/mol. The van der Waals surface area contributed by atoms with Gasteiger partial charge in [-0.25, -0.2) is 9.37 Å². The fourth-order valence-electron chi connectivity index (χ4n) is 3.71. The zero-order valence-corrected chi connectivity index (χ0v) is 16.9. The van der Waals surface area contributed by atoms with E-state index in [4.69, 9.17) is 4.74 Å². The lowest BCUT2D eigenvalue weighted by Gasteiger charge is -2.36. The number of aryl methyl sites for hydroxylation is 1. The first-order valence-electron chi connectivity index (χ1n) is 9.91. The maximum absolute atomic E-state index is 12.9. The van der Waals surface area contributed by atoms with Crippen LogP contribution in [0.5, 0.6) is 0 Å². The second kappa shape index (κ2) is 7.94. The van der Waals surface area contributed by atoms with Gasteiger partial charge in [-0.1, -0.05) is 12.1 Å². The quantitative estimate of drug-likeness (QED) is 0.777. The summed E-state index contributed by atoms with van der Waals surface area (Å²) in [7, 11) is 1.87. The highest BCUT2D eigenvalue weighted by Crippen LogP contribution is 2.34. The smallest absolute Gasteiger partial charge is 0.246 e. The Morgan fingerprint density at radius 1 is 1.28 bits per heavy atom. The van der Waals surface area contributed by atoms with Crippen molar-refractivity contribution in [2.45, 2.75) is 45.4 Å². The van der Waals surface area contributed by atoms with E-state index in [1.165, 1.54) is 12.1 Å². The van der Waals surface area contributed by atoms with Crippen molar-refractivity contribution in [3.8, 4) is 0 Å². The standard InChI is InChI=1S/C21H26FN5O2/c1-12-18-19(27(3)13(2)20(28)25-18)26-21(23-12)24-17-8-15(9-17)11-29-10-14-4-6-16(22)7-5-14/h4-7,13,15,17H,8-11H2,1-3H3,(H,25,28)(H,23,24,26)/t13-,15?,17?/m0/s1. The lowest BCUT2D eigenvalue weighted by Crippen LogP contribution is -2.45. The number of carbonyl (C=O) groups excluding carboxylic acids is 1. The topological polar surface area (TPSA) is 79.4 Å². The minimum absolute atomic E-state index is 0.0464. The van der Waals surface area contributed by atoms with Gasteiger partial charge in [0, 0.05) is 19.7 Å². The molecule has 1 aromatic carbocycles. The number of nitrogens with zero attached hydrogens (tertiary/aromatic N) is 3. The van der Waals surface area contributed by atoms with Gasteiger partial charge in [-0.3, -0.25) is 4.79 Å². The maximum Gasteiger partial charge on any atom is 0.246 e. The lowest BCUT2D eigenvalue weighted by molar-refractivity contribution is -0.117. The number of carbonyl (C=O) groups is 1. The van der Waals surface area contributed by atoms with E-state index >= 15 is 0 Å². The molecule has 29 heavy (non-hydrogen) atoms. The van der Waals surface area contributed by atoms with Crippen LogP contribution >= 0.6 is 0 Å². The number of halogens is 1. The molecule has 1 fully saturated rings. The van der Waals surface area contributed by atoms with Gasteiger partial charge in [0.05, 0.1) is 12.3 Å². The van der Waals surface area contributed by atoms with E-state index in [-0.39, 0.29) is 17.8 Å². The first-order chi connectivity index (χ1) is 13.9. The molecule has 8 heteroatoms. The average Bonchev–Trinajstić information content (AvgIpc) is 2.66. The second-order valence-electron chi connectivity index (χ2n) is 7.93. The third kappa shape index (κ3) is 4.17. The summed E-state index contributed by atoms with van der Waals surface area (Å²) >= 11 is 0. The summed E-state index contributed by atoms with van der Waals surface area (Å²) in [4.78, 5) is 23.0. The van der Waals surface area contributed by atoms with Crippen LogP contribution in [0.4, 0.5) is 21.8 Å². The molecule has 4 rings (SSSR count). The van der Waals surface area contributed by atoms with E-state index in [1.807, 2.05) is 25.8 Å². The summed E-state index contributed by atoms with van der Waals surface area (Å²) < 4.78 is 18.7. The summed E-state index contributed by atoms with van der Waals surface area (Å²) in [5, 5.41) is 6.29. The summed E-state index contributed by atoms with van der Waals surface area (Å²) in [6.07, 6.45) is 1.98. The molecule has 2 heterocycles. The minimum Gasteiger partial charge on any atom is -0.376 e. The monoisotopic (exact) mass is 399 g/mol. The minimum atomic E-state index is -0.268. The van der Waals surface area contributed by atoms with Gasteiger partial charge in [-0.2, -0.15) is 4.98 Å². The molecule has 1 aromatic heterocycles. The van der Waals surface area contributed by atoms with E-state index in [0.717, 1.165) is 29.9 Å². The van der Waals surface area contributed by atoms with Crippen molar-refractivity contribution in [1.82, 2.24) is 9.97 Å². The van der Waals surface area contributed by atoms with E-state index in [1.54, 1.807) is 12.1 Å². The number of fused-ring (bicyclic) bond motifs is 1. The highest BCUT2D eigenvalue weighted by Gasteiger charge is 2.32. The average molecular weight is 399 g/mol. The number of rotatable bonds is 6. The van der Waals surface area contributed by atoms with Gasteiger partial charge < -0.3 is 20.3 Å². The molecule has 2 aromatic rings. The molecule has 0 unspecified atom stereocenters. The Labute approximate surface area is 169 Å². The summed E-state index contributed by atoms with van der Waals surface area (Å²) in [5.74, 6) is 1.55. The molecule has 1 amide bonds. The van der Waals surface area contributed by atoms with E-state index in [0.29, 0.717) is 36.8 Å². The Morgan fingerprint density at radius 2 is 2.00 bits per heavy atom. The molecule has 154 valence electrons. The van der Waals surface area contributed by atoms with Gasteiger partial charge in [-0.05, 0) is 50.3 Å². The van der Waals surface area contributed by atoms with Gasteiger partial charge in [0.15, 0.2) is 5.82 Å². The van der Waals surface area contributed by atoms with Crippen LogP contribution in [0.15, 0.2) is 24.3 Å². The molecule has 1 aliphatic heterocycles. The van der Waals surface area contributed by atoms with Gasteiger partial charge in [-0.15, -0.1) is 0 Å². The molecule has 0 saturated heterocycles. The van der Waals surface area contributed by atoms with Crippen molar-refractivity contribution < 1.29 is 13.9 Å². The van der Waals surface area contributed by atoms with E-state index < -0.39 is 0 Å². The Balaban J connectivity index is 1.28. The zero-order valence-electron chi connectivity index (χ0n) is 16.9. The summed E-state index contributed by atoms with van der Waals surface area (Å²) in [6.45, 7) is 4.91. The summed E-state index contributed by atoms with van der Waals surface area (Å²) in [5.41, 5.74) is 2.41. The van der Waals surface area contributed by atoms with E-state index in [9.17, 15) is 9.18 Å². The molecule has 1 saturated carbocycles. The predicted molar refractivity (Wildman–Crippen MR) is 109 cm³/mol. The summed E-state index contributed by atoms with van der Waals surface area (Å²) in [6, 6.07) is 6.44. The van der Waals surface area contributed by atoms with Gasteiger partial charge in [0.1, 0.15) is 17.5 Å². The molecule has 1 aliphatic carbocycles. The molecule has 2 N–H and O–H groups in total. The first-order valence-corrected chi connectivity index (χ1v) is 9.91. The van der Waals surface area contributed by atoms with Crippen molar-refractivity contribution in [1.29, 1.82) is 0 Å². The SMILES string of the molecule is Cc1nc(NC2CC(COCc3ccc(F)cc3)C2)nc2c1NC(=O)[C@H](C)N2C. The third-order valence-electron chi connectivity index (χ3n) is 5.72. The molecule has 0 radical (unpaired) electrons. The van der Waals surface area contributed by atoms with Crippen LogP contribution in [-0.4, -0.2) is 41.6 Å². The third-order valence-corrected chi connectivity index (χ3v) is 5.72. The van der Waals surface area contributed by atoms with Crippen LogP contribution in [0.2, 0.25) is 0 Å². The molecular formula is C21H26FN5O2. The number of benzene rings is 1. The Kier molecular flexibility index (Phi) is 5.36. The Bertz CT molecular complexity index is 899. The maximum atomic E-state index is 12.9. The van der Waals surface area contributed by atoms with Gasteiger partial charge in [0.2, 0.25) is 11.9 Å². The molecule has 2 aliphatic rings. The fourth-order valence-corrected chi connectivity index (χ4v) is 3.71. The highest BCUT2D eigenvalue weighted by molar-refractivity contribution is 6.03. The van der Waals surface area contributed by atoms with E-state index in [2.05, 4.69) is 20.6 Å². The van der Waals surface area contributed by atoms with Crippen molar-refractivity contribution in [3.05, 3.63) is 41.3 Å². The van der Waals surface area contributed by atoms with Gasteiger partial charge >= 0.3 is 0 Å². The van der Waals surface area contributed by atoms with Crippen LogP contribution in [0.3, 0.4) is 0 Å². The first kappa shape index (κ1) is 19.6. The normalized spacial score (nSPS) is 23.2. The fraction of sp³-hybridized carbons (Fsp3) is 0.476. The highest BCUT2D eigenvalue weighted by atomic mass is 19.1. The number of hydrogen-bond acceptors (Lipinski definition) is 6. The van der Waals surface area contributed by atoms with Gasteiger partial charge in [0.25, 0.3) is 0 Å². The lowest BCUT2D eigenvalue weighted by atomic mass is 9.81. The van der Waals surface area contributed by atoms with Crippen molar-refractivity contribution in [2.75, 3.05) is 29.2 Å². The number of nitrogens with one attached hydrogen (secondary N) is 2. The number of aromatic nitrogens is 2. The Morgan fingerprint density at radius 3 is 2.72 bits per heavy atom. The number of ether oxygens (including phenoxy) is 1. The van der Waals surface area contributed by atoms with Crippen LogP contribution in [0.1, 0.15) is 31.0 Å². The van der Waals surface area contributed by atoms with Crippen LogP contribution in [0.25, 0.3) is 0 Å². The number of anilines is 3. The largest absolute Gasteiger partial charge is 0.376 e. The number of amides is 1.